The Bertz CT molecular complexity index is 279. The summed E-state index contributed by atoms with van der Waals surface area (Å²) in [7, 11) is 0. The van der Waals surface area contributed by atoms with Crippen molar-refractivity contribution < 1.29 is 19.7 Å². The van der Waals surface area contributed by atoms with Crippen molar-refractivity contribution >= 4 is 0 Å². The third-order valence-corrected chi connectivity index (χ3v) is 3.07. The maximum absolute atomic E-state index is 8.90. The van der Waals surface area contributed by atoms with Crippen LogP contribution in [0, 0.1) is 11.8 Å². The van der Waals surface area contributed by atoms with Crippen molar-refractivity contribution in [2.75, 3.05) is 26.4 Å². The maximum atomic E-state index is 8.90. The molecule has 2 N–H and O–H groups in total. The standard InChI is InChI=1S/C16H30O4/c1-5-7-15(3,19-13-11-17)9-10-16(4,8-6-2)20-14-12-18/h17-18H,5-8,11-14H2,1-4H3. The Labute approximate surface area is 123 Å². The summed E-state index contributed by atoms with van der Waals surface area (Å²) >= 11 is 0. The molecule has 0 amide bonds. The summed E-state index contributed by atoms with van der Waals surface area (Å²) in [4.78, 5) is 0. The van der Waals surface area contributed by atoms with Crippen LogP contribution in [0.4, 0.5) is 0 Å². The Morgan fingerprint density at radius 2 is 1.15 bits per heavy atom. The van der Waals surface area contributed by atoms with E-state index in [4.69, 9.17) is 19.7 Å². The smallest absolute Gasteiger partial charge is 0.126 e. The van der Waals surface area contributed by atoms with E-state index in [1.54, 1.807) is 0 Å². The summed E-state index contributed by atoms with van der Waals surface area (Å²) in [6, 6.07) is 0. The Hall–Kier alpha value is -0.600. The summed E-state index contributed by atoms with van der Waals surface area (Å²) in [6.07, 6.45) is 3.53. The number of hydrogen-bond donors (Lipinski definition) is 2. The van der Waals surface area contributed by atoms with E-state index in [2.05, 4.69) is 25.7 Å². The highest BCUT2D eigenvalue weighted by molar-refractivity contribution is 5.20. The van der Waals surface area contributed by atoms with Gasteiger partial charge >= 0.3 is 0 Å². The van der Waals surface area contributed by atoms with Gasteiger partial charge in [0.1, 0.15) is 11.2 Å². The first-order valence-corrected chi connectivity index (χ1v) is 7.49. The van der Waals surface area contributed by atoms with E-state index in [1.807, 2.05) is 13.8 Å². The molecule has 0 fully saturated rings. The molecule has 2 unspecified atom stereocenters. The second-order valence-electron chi connectivity index (χ2n) is 5.36. The molecule has 0 saturated heterocycles. The molecule has 0 bridgehead atoms. The number of aliphatic hydroxyl groups is 2. The maximum Gasteiger partial charge on any atom is 0.126 e. The zero-order valence-electron chi connectivity index (χ0n) is 13.4. The third-order valence-electron chi connectivity index (χ3n) is 3.07. The predicted octanol–water partition coefficient (Wildman–Crippen LogP) is 2.13. The van der Waals surface area contributed by atoms with Crippen LogP contribution in [0.1, 0.15) is 53.4 Å². The van der Waals surface area contributed by atoms with Crippen molar-refractivity contribution in [1.82, 2.24) is 0 Å². The lowest BCUT2D eigenvalue weighted by Gasteiger charge is -2.27. The fraction of sp³-hybridized carbons (Fsp3) is 0.875. The van der Waals surface area contributed by atoms with Crippen LogP contribution in [-0.4, -0.2) is 47.8 Å². The highest BCUT2D eigenvalue weighted by Gasteiger charge is 2.25. The molecule has 0 aliphatic carbocycles. The van der Waals surface area contributed by atoms with Gasteiger partial charge in [-0.25, -0.2) is 0 Å². The molecule has 2 atom stereocenters. The van der Waals surface area contributed by atoms with E-state index in [1.165, 1.54) is 0 Å². The molecule has 0 aromatic carbocycles. The number of ether oxygens (including phenoxy) is 2. The van der Waals surface area contributed by atoms with Gasteiger partial charge in [-0.2, -0.15) is 0 Å². The van der Waals surface area contributed by atoms with Crippen LogP contribution in [0.3, 0.4) is 0 Å². The van der Waals surface area contributed by atoms with Crippen LogP contribution in [0.15, 0.2) is 0 Å². The minimum atomic E-state index is -0.560. The van der Waals surface area contributed by atoms with E-state index >= 15 is 0 Å². The van der Waals surface area contributed by atoms with E-state index < -0.39 is 11.2 Å². The van der Waals surface area contributed by atoms with E-state index in [0.29, 0.717) is 0 Å². The average molecular weight is 286 g/mol. The molecule has 20 heavy (non-hydrogen) atoms. The molecule has 0 saturated carbocycles. The fourth-order valence-electron chi connectivity index (χ4n) is 2.10. The van der Waals surface area contributed by atoms with Crippen molar-refractivity contribution in [1.29, 1.82) is 0 Å². The zero-order valence-corrected chi connectivity index (χ0v) is 13.4. The molecular formula is C16H30O4. The van der Waals surface area contributed by atoms with Crippen molar-refractivity contribution in [2.24, 2.45) is 0 Å². The quantitative estimate of drug-likeness (QED) is 0.604. The molecule has 0 radical (unpaired) electrons. The minimum Gasteiger partial charge on any atom is -0.394 e. The van der Waals surface area contributed by atoms with E-state index in [-0.39, 0.29) is 26.4 Å². The van der Waals surface area contributed by atoms with E-state index in [0.717, 1.165) is 25.7 Å². The van der Waals surface area contributed by atoms with Crippen LogP contribution in [0.2, 0.25) is 0 Å². The van der Waals surface area contributed by atoms with Crippen LogP contribution in [-0.2, 0) is 9.47 Å². The molecule has 0 aliphatic rings. The second kappa shape index (κ2) is 10.2. The highest BCUT2D eigenvalue weighted by Crippen LogP contribution is 2.20. The van der Waals surface area contributed by atoms with Gasteiger partial charge < -0.3 is 19.7 Å². The lowest BCUT2D eigenvalue weighted by atomic mass is 9.96. The molecule has 0 aromatic rings. The SMILES string of the molecule is CCCC(C)(C#CC(C)(CCC)OCCO)OCCO. The van der Waals surface area contributed by atoms with Gasteiger partial charge in [-0.05, 0) is 26.7 Å². The summed E-state index contributed by atoms with van der Waals surface area (Å²) in [5.41, 5.74) is -1.12. The largest absolute Gasteiger partial charge is 0.394 e. The normalized spacial score (nSPS) is 16.9. The first-order chi connectivity index (χ1) is 9.45. The van der Waals surface area contributed by atoms with Gasteiger partial charge in [0.2, 0.25) is 0 Å². The van der Waals surface area contributed by atoms with Gasteiger partial charge in [-0.3, -0.25) is 0 Å². The molecule has 4 heteroatoms. The van der Waals surface area contributed by atoms with Crippen LogP contribution >= 0.6 is 0 Å². The number of hydrogen-bond acceptors (Lipinski definition) is 4. The van der Waals surface area contributed by atoms with Crippen LogP contribution < -0.4 is 0 Å². The molecule has 0 heterocycles. The zero-order chi connectivity index (χ0) is 15.5. The topological polar surface area (TPSA) is 58.9 Å². The molecule has 0 aromatic heterocycles. The number of aliphatic hydroxyl groups excluding tert-OH is 2. The molecule has 118 valence electrons. The van der Waals surface area contributed by atoms with Crippen molar-refractivity contribution in [3.8, 4) is 11.8 Å². The third kappa shape index (κ3) is 7.86. The van der Waals surface area contributed by atoms with Crippen molar-refractivity contribution in [3.05, 3.63) is 0 Å². The van der Waals surface area contributed by atoms with Gasteiger partial charge in [0, 0.05) is 0 Å². The van der Waals surface area contributed by atoms with Crippen LogP contribution in [0.25, 0.3) is 0 Å². The van der Waals surface area contributed by atoms with E-state index in [9.17, 15) is 0 Å². The lowest BCUT2D eigenvalue weighted by Crippen LogP contribution is -2.32. The molecule has 0 aliphatic heterocycles. The highest BCUT2D eigenvalue weighted by atomic mass is 16.5. The predicted molar refractivity (Wildman–Crippen MR) is 80.5 cm³/mol. The first-order valence-electron chi connectivity index (χ1n) is 7.49. The molecular weight excluding hydrogens is 256 g/mol. The lowest BCUT2D eigenvalue weighted by molar-refractivity contribution is -0.0190. The van der Waals surface area contributed by atoms with Crippen molar-refractivity contribution in [2.45, 2.75) is 64.6 Å². The first kappa shape index (κ1) is 19.4. The summed E-state index contributed by atoms with van der Waals surface area (Å²) in [6.45, 7) is 8.60. The minimum absolute atomic E-state index is 0.00573. The summed E-state index contributed by atoms with van der Waals surface area (Å²) in [5.74, 6) is 6.35. The Morgan fingerprint density at radius 1 is 0.800 bits per heavy atom. The fourth-order valence-corrected chi connectivity index (χ4v) is 2.10. The molecule has 0 rings (SSSR count). The van der Waals surface area contributed by atoms with Crippen molar-refractivity contribution in [3.63, 3.8) is 0 Å². The molecule has 0 spiro atoms. The Kier molecular flexibility index (Phi) is 9.87. The monoisotopic (exact) mass is 286 g/mol. The van der Waals surface area contributed by atoms with Gasteiger partial charge in [0.05, 0.1) is 26.4 Å². The van der Waals surface area contributed by atoms with Crippen LogP contribution in [0.5, 0.6) is 0 Å². The Balaban J connectivity index is 4.94. The van der Waals surface area contributed by atoms with Gasteiger partial charge in [-0.15, -0.1) is 0 Å². The van der Waals surface area contributed by atoms with Gasteiger partial charge in [0.25, 0.3) is 0 Å². The second-order valence-corrected chi connectivity index (χ2v) is 5.36. The number of rotatable bonds is 10. The summed E-state index contributed by atoms with van der Waals surface area (Å²) < 4.78 is 11.3. The average Bonchev–Trinajstić information content (AvgIpc) is 2.42. The molecule has 4 nitrogen and oxygen atoms in total. The Morgan fingerprint density at radius 3 is 1.40 bits per heavy atom. The van der Waals surface area contributed by atoms with Gasteiger partial charge in [-0.1, -0.05) is 38.5 Å². The summed E-state index contributed by atoms with van der Waals surface area (Å²) in [5, 5.41) is 17.8. The van der Waals surface area contributed by atoms with Gasteiger partial charge in [0.15, 0.2) is 0 Å².